The van der Waals surface area contributed by atoms with Crippen molar-refractivity contribution in [1.29, 1.82) is 0 Å². The molecule has 1 fully saturated rings. The average molecular weight is 431 g/mol. The molecule has 29 heavy (non-hydrogen) atoms. The van der Waals surface area contributed by atoms with Gasteiger partial charge in [0.25, 0.3) is 15.3 Å². The summed E-state index contributed by atoms with van der Waals surface area (Å²) in [4.78, 5) is 28.3. The van der Waals surface area contributed by atoms with Gasteiger partial charge in [0.2, 0.25) is 5.91 Å². The molecule has 0 aliphatic carbocycles. The number of nitrogens with zero attached hydrogens (tertiary/aromatic N) is 2. The Morgan fingerprint density at radius 1 is 1.10 bits per heavy atom. The van der Waals surface area contributed by atoms with Crippen LogP contribution in [0.5, 0.6) is 0 Å². The molecule has 1 aliphatic rings. The van der Waals surface area contributed by atoms with Crippen molar-refractivity contribution in [2.24, 2.45) is 0 Å². The standard InChI is InChI=1S/C19H14FN3O4S2/c20-15-7-8-16(14-2-1-9-21-18(14)15)29(26,27)22-13-5-3-12(4-6-13)10-23-17(24)11-28-19(23)25/h1-9,22H,10-11H2. The Morgan fingerprint density at radius 3 is 2.55 bits per heavy atom. The molecule has 1 N–H and O–H groups in total. The largest absolute Gasteiger partial charge is 0.289 e. The van der Waals surface area contributed by atoms with Crippen molar-refractivity contribution < 1.29 is 22.4 Å². The fourth-order valence-electron chi connectivity index (χ4n) is 2.95. The summed E-state index contributed by atoms with van der Waals surface area (Å²) in [5.41, 5.74) is 0.959. The Labute approximate surface area is 170 Å². The number of rotatable bonds is 5. The van der Waals surface area contributed by atoms with E-state index in [1.807, 2.05) is 0 Å². The van der Waals surface area contributed by atoms with Crippen LogP contribution in [-0.4, -0.2) is 35.2 Å². The summed E-state index contributed by atoms with van der Waals surface area (Å²) >= 11 is 0.957. The minimum atomic E-state index is -3.99. The van der Waals surface area contributed by atoms with Crippen LogP contribution < -0.4 is 4.72 Å². The van der Waals surface area contributed by atoms with Gasteiger partial charge in [-0.1, -0.05) is 23.9 Å². The lowest BCUT2D eigenvalue weighted by atomic mass is 10.2. The van der Waals surface area contributed by atoms with Crippen molar-refractivity contribution in [3.63, 3.8) is 0 Å². The van der Waals surface area contributed by atoms with Gasteiger partial charge in [0.05, 0.1) is 17.2 Å². The lowest BCUT2D eigenvalue weighted by Gasteiger charge is -2.14. The molecular formula is C19H14FN3O4S2. The number of pyridine rings is 1. The summed E-state index contributed by atoms with van der Waals surface area (Å²) in [5, 5.41) is -0.114. The van der Waals surface area contributed by atoms with Gasteiger partial charge < -0.3 is 0 Å². The van der Waals surface area contributed by atoms with E-state index in [-0.39, 0.29) is 39.2 Å². The smallest absolute Gasteiger partial charge is 0.280 e. The number of nitrogens with one attached hydrogen (secondary N) is 1. The van der Waals surface area contributed by atoms with Crippen LogP contribution in [0.1, 0.15) is 5.56 Å². The highest BCUT2D eigenvalue weighted by Crippen LogP contribution is 2.26. The van der Waals surface area contributed by atoms with Gasteiger partial charge in [0, 0.05) is 17.3 Å². The molecule has 3 aromatic rings. The van der Waals surface area contributed by atoms with Gasteiger partial charge in [-0.15, -0.1) is 0 Å². The Morgan fingerprint density at radius 2 is 1.86 bits per heavy atom. The molecule has 2 aromatic carbocycles. The van der Waals surface area contributed by atoms with Crippen molar-refractivity contribution in [3.8, 4) is 0 Å². The van der Waals surface area contributed by atoms with E-state index in [1.54, 1.807) is 12.1 Å². The molecule has 0 unspecified atom stereocenters. The Hall–Kier alpha value is -2.98. The minimum absolute atomic E-state index is 0.0245. The summed E-state index contributed by atoms with van der Waals surface area (Å²) in [7, 11) is -3.99. The Kier molecular flexibility index (Phi) is 4.97. The van der Waals surface area contributed by atoms with Gasteiger partial charge in [-0.05, 0) is 42.0 Å². The number of anilines is 1. The number of benzene rings is 2. The third-order valence-corrected chi connectivity index (χ3v) is 6.66. The molecule has 0 saturated carbocycles. The average Bonchev–Trinajstić information content (AvgIpc) is 3.01. The highest BCUT2D eigenvalue weighted by Gasteiger charge is 2.29. The van der Waals surface area contributed by atoms with Crippen LogP contribution in [0.25, 0.3) is 10.9 Å². The zero-order valence-corrected chi connectivity index (χ0v) is 16.5. The molecular weight excluding hydrogens is 417 g/mol. The SMILES string of the molecule is O=C1CSC(=O)N1Cc1ccc(NS(=O)(=O)c2ccc(F)c3ncccc23)cc1. The van der Waals surface area contributed by atoms with Crippen molar-refractivity contribution in [2.75, 3.05) is 10.5 Å². The van der Waals surface area contributed by atoms with E-state index < -0.39 is 15.8 Å². The first kappa shape index (κ1) is 19.3. The van der Waals surface area contributed by atoms with Crippen LogP contribution in [-0.2, 0) is 21.4 Å². The molecule has 0 spiro atoms. The summed E-state index contributed by atoms with van der Waals surface area (Å²) in [6, 6.07) is 11.6. The minimum Gasteiger partial charge on any atom is -0.280 e. The number of amides is 2. The highest BCUT2D eigenvalue weighted by atomic mass is 32.2. The lowest BCUT2D eigenvalue weighted by molar-refractivity contribution is -0.125. The number of carbonyl (C=O) groups excluding carboxylic acids is 2. The first-order chi connectivity index (χ1) is 13.8. The number of sulfonamides is 1. The van der Waals surface area contributed by atoms with Crippen LogP contribution in [0.4, 0.5) is 14.9 Å². The number of hydrogen-bond donors (Lipinski definition) is 1. The molecule has 4 rings (SSSR count). The van der Waals surface area contributed by atoms with E-state index >= 15 is 0 Å². The fraction of sp³-hybridized carbons (Fsp3) is 0.105. The van der Waals surface area contributed by atoms with Crippen LogP contribution in [0.15, 0.2) is 59.6 Å². The third-order valence-electron chi connectivity index (χ3n) is 4.36. The van der Waals surface area contributed by atoms with Crippen molar-refractivity contribution in [3.05, 3.63) is 66.1 Å². The van der Waals surface area contributed by atoms with Crippen LogP contribution in [0.3, 0.4) is 0 Å². The number of carbonyl (C=O) groups is 2. The number of hydrogen-bond acceptors (Lipinski definition) is 6. The molecule has 0 radical (unpaired) electrons. The molecule has 2 amide bonds. The van der Waals surface area contributed by atoms with Crippen molar-refractivity contribution in [2.45, 2.75) is 11.4 Å². The maximum atomic E-state index is 13.9. The Balaban J connectivity index is 1.57. The molecule has 148 valence electrons. The number of imide groups is 1. The van der Waals surface area contributed by atoms with Gasteiger partial charge in [0.15, 0.2) is 0 Å². The van der Waals surface area contributed by atoms with Crippen LogP contribution in [0.2, 0.25) is 0 Å². The molecule has 1 aliphatic heterocycles. The fourth-order valence-corrected chi connectivity index (χ4v) is 4.93. The van der Waals surface area contributed by atoms with Gasteiger partial charge in [-0.2, -0.15) is 0 Å². The van der Waals surface area contributed by atoms with Gasteiger partial charge in [0.1, 0.15) is 11.3 Å². The number of halogens is 1. The van der Waals surface area contributed by atoms with Crippen LogP contribution >= 0.6 is 11.8 Å². The molecule has 0 atom stereocenters. The summed E-state index contributed by atoms with van der Waals surface area (Å²) in [5.74, 6) is -0.716. The molecule has 10 heteroatoms. The second kappa shape index (κ2) is 7.45. The first-order valence-corrected chi connectivity index (χ1v) is 10.9. The van der Waals surface area contributed by atoms with E-state index in [2.05, 4.69) is 9.71 Å². The maximum absolute atomic E-state index is 13.9. The number of thioether (sulfide) groups is 1. The monoisotopic (exact) mass is 431 g/mol. The zero-order chi connectivity index (χ0) is 20.6. The molecule has 1 aromatic heterocycles. The molecule has 0 bridgehead atoms. The lowest BCUT2D eigenvalue weighted by Crippen LogP contribution is -2.27. The van der Waals surface area contributed by atoms with E-state index in [0.29, 0.717) is 11.3 Å². The van der Waals surface area contributed by atoms with E-state index in [4.69, 9.17) is 0 Å². The number of aromatic nitrogens is 1. The summed E-state index contributed by atoms with van der Waals surface area (Å²) < 4.78 is 42.0. The third kappa shape index (κ3) is 3.81. The van der Waals surface area contributed by atoms with E-state index in [0.717, 1.165) is 22.7 Å². The predicted molar refractivity (Wildman–Crippen MR) is 107 cm³/mol. The van der Waals surface area contributed by atoms with Crippen LogP contribution in [0, 0.1) is 5.82 Å². The quantitative estimate of drug-likeness (QED) is 0.665. The van der Waals surface area contributed by atoms with Gasteiger partial charge in [-0.3, -0.25) is 24.2 Å². The topological polar surface area (TPSA) is 96.4 Å². The summed E-state index contributed by atoms with van der Waals surface area (Å²) in [6.07, 6.45) is 1.39. The summed E-state index contributed by atoms with van der Waals surface area (Å²) in [6.45, 7) is 0.131. The van der Waals surface area contributed by atoms with E-state index in [1.165, 1.54) is 36.5 Å². The van der Waals surface area contributed by atoms with Crippen molar-refractivity contribution in [1.82, 2.24) is 9.88 Å². The number of fused-ring (bicyclic) bond motifs is 1. The van der Waals surface area contributed by atoms with E-state index in [9.17, 15) is 22.4 Å². The normalized spacial score (nSPS) is 14.6. The maximum Gasteiger partial charge on any atom is 0.289 e. The predicted octanol–water partition coefficient (Wildman–Crippen LogP) is 3.37. The second-order valence-electron chi connectivity index (χ2n) is 6.28. The highest BCUT2D eigenvalue weighted by molar-refractivity contribution is 8.14. The molecule has 2 heterocycles. The molecule has 7 nitrogen and oxygen atoms in total. The zero-order valence-electron chi connectivity index (χ0n) is 14.8. The van der Waals surface area contributed by atoms with Gasteiger partial charge >= 0.3 is 0 Å². The molecule has 1 saturated heterocycles. The Bertz CT molecular complexity index is 1210. The first-order valence-electron chi connectivity index (χ1n) is 8.47. The van der Waals surface area contributed by atoms with Gasteiger partial charge in [-0.25, -0.2) is 12.8 Å². The second-order valence-corrected chi connectivity index (χ2v) is 8.86. The van der Waals surface area contributed by atoms with Crippen molar-refractivity contribution >= 4 is 49.5 Å².